The maximum absolute atomic E-state index is 3.75. The predicted molar refractivity (Wildman–Crippen MR) is 32.9 cm³/mol. The first-order valence-electron chi connectivity index (χ1n) is 1.60. The second-order valence-corrected chi connectivity index (χ2v) is 2.68. The summed E-state index contributed by atoms with van der Waals surface area (Å²) in [6.45, 7) is 0. The third-order valence-electron chi connectivity index (χ3n) is 0.320. The number of rotatable bonds is 0. The van der Waals surface area contributed by atoms with Gasteiger partial charge in [-0.25, -0.2) is 0 Å². The third kappa shape index (κ3) is 2.27. The van der Waals surface area contributed by atoms with Gasteiger partial charge in [-0.1, -0.05) is 0 Å². The zero-order chi connectivity index (χ0) is 5.66. The summed E-state index contributed by atoms with van der Waals surface area (Å²) < 4.78 is 3.75. The van der Waals surface area contributed by atoms with E-state index < -0.39 is 0 Å². The summed E-state index contributed by atoms with van der Waals surface area (Å²) in [5, 5.41) is 0. The highest BCUT2D eigenvalue weighted by Gasteiger charge is 1.72. The van der Waals surface area contributed by atoms with Crippen molar-refractivity contribution in [3.63, 3.8) is 0 Å². The zero-order valence-corrected chi connectivity index (χ0v) is 6.26. The molecule has 5 nitrogen and oxygen atoms in total. The third-order valence-corrected chi connectivity index (χ3v) is 1.92. The van der Waals surface area contributed by atoms with Gasteiger partial charge < -0.3 is 0 Å². The fourth-order valence-corrected chi connectivity index (χ4v) is 1.18. The van der Waals surface area contributed by atoms with Gasteiger partial charge in [0.05, 0.1) is 0 Å². The van der Waals surface area contributed by atoms with Crippen molar-refractivity contribution in [2.45, 2.75) is 0 Å². The van der Waals surface area contributed by atoms with Gasteiger partial charge in [-0.2, -0.15) is 4.52 Å². The summed E-state index contributed by atoms with van der Waals surface area (Å²) in [5.41, 5.74) is 0. The summed E-state index contributed by atoms with van der Waals surface area (Å²) in [5.74, 6) is 0. The molecule has 0 amide bonds. The number of hydrogen-bond donors (Lipinski definition) is 0. The lowest BCUT2D eigenvalue weighted by Gasteiger charge is -1.71. The van der Waals surface area contributed by atoms with Gasteiger partial charge in [0.15, 0.2) is 17.0 Å². The van der Waals surface area contributed by atoms with Crippen molar-refractivity contribution in [2.75, 3.05) is 0 Å². The lowest BCUT2D eigenvalue weighted by atomic mass is 13.0. The van der Waals surface area contributed by atoms with Crippen LogP contribution in [0.5, 0.6) is 0 Å². The second-order valence-electron chi connectivity index (χ2n) is 0.716. The SMILES string of the molecule is N1=PN=P/N=N\P=N1. The summed E-state index contributed by atoms with van der Waals surface area (Å²) >= 11 is 0. The number of hydrogen-bond acceptors (Lipinski definition) is 5. The second kappa shape index (κ2) is 3.85. The lowest BCUT2D eigenvalue weighted by Crippen LogP contribution is -1.31. The molecule has 0 unspecified atom stereocenters. The summed E-state index contributed by atoms with van der Waals surface area (Å²) in [4.78, 5) is 14.3. The van der Waals surface area contributed by atoms with Crippen molar-refractivity contribution in [2.24, 2.45) is 24.0 Å². The van der Waals surface area contributed by atoms with E-state index >= 15 is 0 Å². The Labute approximate surface area is 50.4 Å². The Morgan fingerprint density at radius 1 is 0.750 bits per heavy atom. The van der Waals surface area contributed by atoms with Gasteiger partial charge in [0.2, 0.25) is 8.52 Å². The van der Waals surface area contributed by atoms with Gasteiger partial charge in [-0.15, -0.1) is 19.5 Å². The van der Waals surface area contributed by atoms with E-state index in [2.05, 4.69) is 24.0 Å². The first kappa shape index (κ1) is 6.03. The minimum Gasteiger partial charge on any atom is -0.163 e. The van der Waals surface area contributed by atoms with Crippen LogP contribution in [0.15, 0.2) is 24.0 Å². The van der Waals surface area contributed by atoms with Gasteiger partial charge in [0, 0.05) is 0 Å². The van der Waals surface area contributed by atoms with Crippen LogP contribution in [0.2, 0.25) is 0 Å². The van der Waals surface area contributed by atoms with Crippen LogP contribution >= 0.6 is 25.6 Å². The van der Waals surface area contributed by atoms with Crippen molar-refractivity contribution >= 4 is 25.6 Å². The van der Waals surface area contributed by atoms with Crippen LogP contribution in [-0.2, 0) is 0 Å². The summed E-state index contributed by atoms with van der Waals surface area (Å²) in [7, 11) is 1.79. The molecule has 1 aliphatic heterocycles. The fourth-order valence-electron chi connectivity index (χ4n) is 0.143. The molecule has 0 aliphatic carbocycles. The Morgan fingerprint density at radius 3 is 2.50 bits per heavy atom. The van der Waals surface area contributed by atoms with E-state index in [0.717, 1.165) is 0 Å². The minimum atomic E-state index is 0.552. The van der Waals surface area contributed by atoms with Gasteiger partial charge >= 0.3 is 0 Å². The molecule has 0 fully saturated rings. The van der Waals surface area contributed by atoms with E-state index in [-0.39, 0.29) is 0 Å². The average Bonchev–Trinajstić information content (AvgIpc) is 1.62. The van der Waals surface area contributed by atoms with Gasteiger partial charge in [-0.3, -0.25) is 0 Å². The van der Waals surface area contributed by atoms with Gasteiger partial charge in [0.25, 0.3) is 0 Å². The Hall–Kier alpha value is -0.100. The number of nitrogens with zero attached hydrogens (tertiary/aromatic N) is 5. The smallest absolute Gasteiger partial charge is 0.163 e. The average molecular weight is 163 g/mol. The van der Waals surface area contributed by atoms with E-state index in [1.165, 1.54) is 0 Å². The highest BCUT2D eigenvalue weighted by atomic mass is 31.1. The molecule has 1 rings (SSSR count). The topological polar surface area (TPSA) is 61.8 Å². The normalized spacial score (nSPS) is 26.0. The van der Waals surface area contributed by atoms with E-state index in [9.17, 15) is 0 Å². The Kier molecular flexibility index (Phi) is 2.90. The quantitative estimate of drug-likeness (QED) is 0.490. The zero-order valence-electron chi connectivity index (χ0n) is 3.58. The maximum Gasteiger partial charge on any atom is 0.202 e. The molecule has 0 spiro atoms. The van der Waals surface area contributed by atoms with Crippen LogP contribution in [0, 0.1) is 0 Å². The molecule has 0 aromatic carbocycles. The fraction of sp³-hybridized carbons (Fsp3) is 0. The Morgan fingerprint density at radius 2 is 1.50 bits per heavy atom. The van der Waals surface area contributed by atoms with Crippen molar-refractivity contribution < 1.29 is 0 Å². The van der Waals surface area contributed by atoms with Crippen molar-refractivity contribution in [1.29, 1.82) is 0 Å². The molecule has 1 aliphatic rings. The molecular weight excluding hydrogens is 163 g/mol. The van der Waals surface area contributed by atoms with E-state index in [1.54, 1.807) is 0 Å². The highest BCUT2D eigenvalue weighted by molar-refractivity contribution is 7.38. The standard InChI is InChI=1S/N5P3/c1-3-7-5-8-4-2-6-1/b3-1-,4-2?. The van der Waals surface area contributed by atoms with Crippen LogP contribution in [0.4, 0.5) is 0 Å². The minimum absolute atomic E-state index is 0.552. The van der Waals surface area contributed by atoms with Crippen LogP contribution in [0.3, 0.4) is 0 Å². The van der Waals surface area contributed by atoms with Crippen molar-refractivity contribution in [3.8, 4) is 0 Å². The molecule has 0 aromatic heterocycles. The molecule has 0 atom stereocenters. The van der Waals surface area contributed by atoms with Crippen LogP contribution in [0.1, 0.15) is 0 Å². The van der Waals surface area contributed by atoms with Crippen LogP contribution in [0.25, 0.3) is 0 Å². The van der Waals surface area contributed by atoms with E-state index in [1.807, 2.05) is 0 Å². The lowest BCUT2D eigenvalue weighted by molar-refractivity contribution is 1.31. The monoisotopic (exact) mass is 163 g/mol. The summed E-state index contributed by atoms with van der Waals surface area (Å²) in [6, 6.07) is 0. The maximum atomic E-state index is 3.75. The van der Waals surface area contributed by atoms with Crippen LogP contribution < -0.4 is 0 Å². The largest absolute Gasteiger partial charge is 0.202 e. The molecule has 0 radical (unpaired) electrons. The highest BCUT2D eigenvalue weighted by Crippen LogP contribution is 2.20. The van der Waals surface area contributed by atoms with Crippen molar-refractivity contribution in [1.82, 2.24) is 0 Å². The predicted octanol–water partition coefficient (Wildman–Crippen LogP) is 3.50. The van der Waals surface area contributed by atoms with Crippen LogP contribution in [-0.4, -0.2) is 0 Å². The molecule has 8 heavy (non-hydrogen) atoms. The molecule has 8 heteroatoms. The van der Waals surface area contributed by atoms with Gasteiger partial charge in [-0.05, 0) is 0 Å². The molecule has 40 valence electrons. The van der Waals surface area contributed by atoms with E-state index in [0.29, 0.717) is 25.6 Å². The molecule has 0 N–H and O–H groups in total. The molecule has 0 bridgehead atoms. The molecule has 1 heterocycles. The molecule has 0 aromatic rings. The first-order chi connectivity index (χ1) is 4.00. The Bertz CT molecular complexity index is 109. The summed E-state index contributed by atoms with van der Waals surface area (Å²) in [6.07, 6.45) is 0. The van der Waals surface area contributed by atoms with Gasteiger partial charge in [0.1, 0.15) is 0 Å². The molecule has 0 saturated heterocycles. The molecule has 0 saturated carbocycles. The van der Waals surface area contributed by atoms with Crippen molar-refractivity contribution in [3.05, 3.63) is 0 Å². The molecular formula is N5P3. The first-order valence-corrected chi connectivity index (χ1v) is 4.00. The van der Waals surface area contributed by atoms with E-state index in [4.69, 9.17) is 0 Å². The Balaban J connectivity index is 2.67.